The summed E-state index contributed by atoms with van der Waals surface area (Å²) in [7, 11) is -0.929. The number of pyridine rings is 1. The molecular formula is C13H17N3O2S. The van der Waals surface area contributed by atoms with Crippen molar-refractivity contribution in [3.63, 3.8) is 0 Å². The zero-order chi connectivity index (χ0) is 13.6. The first-order chi connectivity index (χ1) is 8.96. The minimum absolute atomic E-state index is 0.253. The summed E-state index contributed by atoms with van der Waals surface area (Å²) in [5, 5.41) is 5.42. The second kappa shape index (κ2) is 4.30. The molecule has 0 N–H and O–H groups in total. The molecule has 1 aliphatic rings. The lowest BCUT2D eigenvalue weighted by atomic mass is 9.98. The maximum Gasteiger partial charge on any atom is 0.158 e. The van der Waals surface area contributed by atoms with Gasteiger partial charge in [-0.15, -0.1) is 0 Å². The van der Waals surface area contributed by atoms with Crippen molar-refractivity contribution in [2.75, 3.05) is 11.5 Å². The first kappa shape index (κ1) is 12.6. The van der Waals surface area contributed by atoms with Gasteiger partial charge in [0.25, 0.3) is 0 Å². The van der Waals surface area contributed by atoms with Crippen molar-refractivity contribution in [3.8, 4) is 0 Å². The number of hydrogen-bond donors (Lipinski definition) is 0. The Labute approximate surface area is 112 Å². The Bertz CT molecular complexity index is 720. The Morgan fingerprint density at radius 2 is 1.95 bits per heavy atom. The molecule has 0 amide bonds. The lowest BCUT2D eigenvalue weighted by molar-refractivity contribution is 0.545. The van der Waals surface area contributed by atoms with Crippen molar-refractivity contribution < 1.29 is 8.42 Å². The van der Waals surface area contributed by atoms with Crippen LogP contribution in [0.15, 0.2) is 12.1 Å². The zero-order valence-corrected chi connectivity index (χ0v) is 11.9. The lowest BCUT2D eigenvalue weighted by Gasteiger charge is -2.21. The first-order valence-corrected chi connectivity index (χ1v) is 8.29. The van der Waals surface area contributed by atoms with E-state index in [1.54, 1.807) is 4.68 Å². The largest absolute Gasteiger partial charge is 0.250 e. The topological polar surface area (TPSA) is 64.8 Å². The van der Waals surface area contributed by atoms with Gasteiger partial charge in [0.05, 0.1) is 17.2 Å². The normalized spacial score (nSPS) is 19.9. The third-order valence-corrected chi connectivity index (χ3v) is 5.58. The molecule has 1 fully saturated rings. The molecule has 19 heavy (non-hydrogen) atoms. The van der Waals surface area contributed by atoms with Crippen LogP contribution in [0.25, 0.3) is 11.0 Å². The molecule has 1 saturated heterocycles. The molecule has 0 atom stereocenters. The van der Waals surface area contributed by atoms with E-state index in [1.165, 1.54) is 0 Å². The van der Waals surface area contributed by atoms with Crippen LogP contribution in [-0.4, -0.2) is 34.7 Å². The van der Waals surface area contributed by atoms with Crippen molar-refractivity contribution in [3.05, 3.63) is 23.5 Å². The van der Waals surface area contributed by atoms with Crippen LogP contribution in [0.3, 0.4) is 0 Å². The molecule has 0 unspecified atom stereocenters. The third-order valence-electron chi connectivity index (χ3n) is 3.87. The third kappa shape index (κ3) is 2.25. The first-order valence-electron chi connectivity index (χ1n) is 6.47. The molecule has 0 aromatic carbocycles. The van der Waals surface area contributed by atoms with Crippen LogP contribution in [0.2, 0.25) is 0 Å². The highest BCUT2D eigenvalue weighted by Crippen LogP contribution is 2.29. The van der Waals surface area contributed by atoms with Gasteiger partial charge in [-0.3, -0.25) is 4.68 Å². The predicted molar refractivity (Wildman–Crippen MR) is 73.9 cm³/mol. The van der Waals surface area contributed by atoms with Crippen LogP contribution >= 0.6 is 0 Å². The lowest BCUT2D eigenvalue weighted by Crippen LogP contribution is -2.22. The van der Waals surface area contributed by atoms with E-state index in [2.05, 4.69) is 10.1 Å². The maximum atomic E-state index is 11.5. The fourth-order valence-electron chi connectivity index (χ4n) is 2.73. The van der Waals surface area contributed by atoms with Crippen molar-refractivity contribution in [2.45, 2.75) is 25.7 Å². The Balaban J connectivity index is 1.96. The van der Waals surface area contributed by atoms with Crippen molar-refractivity contribution >= 4 is 20.9 Å². The van der Waals surface area contributed by atoms with E-state index in [-0.39, 0.29) is 17.4 Å². The van der Waals surface area contributed by atoms with Gasteiger partial charge in [0, 0.05) is 24.0 Å². The summed E-state index contributed by atoms with van der Waals surface area (Å²) in [5.74, 6) is 0.812. The highest BCUT2D eigenvalue weighted by Gasteiger charge is 2.25. The van der Waals surface area contributed by atoms with Gasteiger partial charge in [0.2, 0.25) is 0 Å². The quantitative estimate of drug-likeness (QED) is 0.795. The van der Waals surface area contributed by atoms with Gasteiger partial charge in [-0.2, -0.15) is 5.10 Å². The molecule has 3 rings (SSSR count). The standard InChI is InChI=1S/C13H17N3O2S/c1-9-11-3-4-12(14-13(11)16(2)15-9)10-5-7-19(17,18)8-6-10/h3-4,10H,5-8H2,1-2H3. The van der Waals surface area contributed by atoms with Gasteiger partial charge in [0.1, 0.15) is 9.84 Å². The fraction of sp³-hybridized carbons (Fsp3) is 0.538. The smallest absolute Gasteiger partial charge is 0.158 e. The molecule has 0 aliphatic carbocycles. The number of aryl methyl sites for hydroxylation is 2. The Morgan fingerprint density at radius 1 is 1.26 bits per heavy atom. The molecule has 3 heterocycles. The van der Waals surface area contributed by atoms with Crippen molar-refractivity contribution in [1.82, 2.24) is 14.8 Å². The summed E-state index contributed by atoms with van der Waals surface area (Å²) in [6.45, 7) is 1.97. The SMILES string of the molecule is Cc1nn(C)c2nc(C3CCS(=O)(=O)CC3)ccc12. The molecule has 0 saturated carbocycles. The number of nitrogens with zero attached hydrogens (tertiary/aromatic N) is 3. The molecule has 2 aromatic heterocycles. The summed E-state index contributed by atoms with van der Waals surface area (Å²) in [4.78, 5) is 4.67. The summed E-state index contributed by atoms with van der Waals surface area (Å²) in [6.07, 6.45) is 1.36. The molecule has 102 valence electrons. The zero-order valence-electron chi connectivity index (χ0n) is 11.1. The van der Waals surface area contributed by atoms with E-state index < -0.39 is 9.84 Å². The van der Waals surface area contributed by atoms with E-state index in [0.29, 0.717) is 12.8 Å². The highest BCUT2D eigenvalue weighted by atomic mass is 32.2. The van der Waals surface area contributed by atoms with Crippen LogP contribution in [0.4, 0.5) is 0 Å². The van der Waals surface area contributed by atoms with Gasteiger partial charge in [-0.25, -0.2) is 13.4 Å². The Hall–Kier alpha value is -1.43. The second-order valence-corrected chi connectivity index (χ2v) is 7.55. The average molecular weight is 279 g/mol. The molecule has 0 spiro atoms. The van der Waals surface area contributed by atoms with Gasteiger partial charge in [0.15, 0.2) is 5.65 Å². The van der Waals surface area contributed by atoms with E-state index >= 15 is 0 Å². The number of sulfone groups is 1. The van der Waals surface area contributed by atoms with Gasteiger partial charge < -0.3 is 0 Å². The van der Waals surface area contributed by atoms with Crippen LogP contribution < -0.4 is 0 Å². The van der Waals surface area contributed by atoms with Crippen LogP contribution in [0.1, 0.15) is 30.1 Å². The molecule has 5 nitrogen and oxygen atoms in total. The summed E-state index contributed by atoms with van der Waals surface area (Å²) in [6, 6.07) is 4.06. The van der Waals surface area contributed by atoms with Crippen molar-refractivity contribution in [1.29, 1.82) is 0 Å². The van der Waals surface area contributed by atoms with Crippen molar-refractivity contribution in [2.24, 2.45) is 7.05 Å². The molecule has 0 bridgehead atoms. The maximum absolute atomic E-state index is 11.5. The number of fused-ring (bicyclic) bond motifs is 1. The van der Waals surface area contributed by atoms with Gasteiger partial charge in [-0.1, -0.05) is 0 Å². The van der Waals surface area contributed by atoms with Crippen LogP contribution in [0.5, 0.6) is 0 Å². The molecule has 2 aromatic rings. The minimum Gasteiger partial charge on any atom is -0.250 e. The summed E-state index contributed by atoms with van der Waals surface area (Å²) in [5.41, 5.74) is 2.84. The molecular weight excluding hydrogens is 262 g/mol. The van der Waals surface area contributed by atoms with Crippen LogP contribution in [-0.2, 0) is 16.9 Å². The van der Waals surface area contributed by atoms with E-state index in [4.69, 9.17) is 0 Å². The second-order valence-electron chi connectivity index (χ2n) is 5.24. The minimum atomic E-state index is -2.82. The molecule has 1 aliphatic heterocycles. The van der Waals surface area contributed by atoms with E-state index in [9.17, 15) is 8.42 Å². The number of aromatic nitrogens is 3. The summed E-state index contributed by atoms with van der Waals surface area (Å²) >= 11 is 0. The van der Waals surface area contributed by atoms with E-state index in [0.717, 1.165) is 22.4 Å². The van der Waals surface area contributed by atoms with Crippen LogP contribution in [0, 0.1) is 6.92 Å². The molecule has 6 heteroatoms. The highest BCUT2D eigenvalue weighted by molar-refractivity contribution is 7.91. The van der Waals surface area contributed by atoms with Gasteiger partial charge in [-0.05, 0) is 31.9 Å². The molecule has 0 radical (unpaired) electrons. The number of hydrogen-bond acceptors (Lipinski definition) is 4. The Kier molecular flexibility index (Phi) is 2.85. The van der Waals surface area contributed by atoms with E-state index in [1.807, 2.05) is 26.1 Å². The average Bonchev–Trinajstić information content (AvgIpc) is 2.65. The Morgan fingerprint density at radius 3 is 2.63 bits per heavy atom. The summed E-state index contributed by atoms with van der Waals surface area (Å²) < 4.78 is 24.7. The van der Waals surface area contributed by atoms with Gasteiger partial charge >= 0.3 is 0 Å². The monoisotopic (exact) mass is 279 g/mol. The number of rotatable bonds is 1. The predicted octanol–water partition coefficient (Wildman–Crippen LogP) is 1.57. The fourth-order valence-corrected chi connectivity index (χ4v) is 4.22.